The number of ether oxygens (including phenoxy) is 2. The molecule has 4 aromatic carbocycles. The average Bonchev–Trinajstić information content (AvgIpc) is 1.33. The highest BCUT2D eigenvalue weighted by molar-refractivity contribution is 14.1. The predicted octanol–water partition coefficient (Wildman–Crippen LogP) is 25.9. The number of pyridine rings is 4. The second kappa shape index (κ2) is 41.1. The molecule has 2 amide bonds. The van der Waals surface area contributed by atoms with Gasteiger partial charge in [-0.3, -0.25) is 19.9 Å². The molecule has 16 rings (SSSR count). The summed E-state index contributed by atoms with van der Waals surface area (Å²) in [6.45, 7) is 63.4. The van der Waals surface area contributed by atoms with Crippen molar-refractivity contribution in [3.63, 3.8) is 0 Å². The summed E-state index contributed by atoms with van der Waals surface area (Å²) < 4.78 is 26.3. The fourth-order valence-electron chi connectivity index (χ4n) is 18.9. The number of benzene rings is 4. The van der Waals surface area contributed by atoms with Gasteiger partial charge in [0, 0.05) is 111 Å². The van der Waals surface area contributed by atoms with Crippen LogP contribution in [0.4, 0.5) is 21.0 Å². The van der Waals surface area contributed by atoms with Gasteiger partial charge in [-0.05, 0) is 361 Å². The monoisotopic (exact) mass is 2000 g/mol. The lowest BCUT2D eigenvalue weighted by molar-refractivity contribution is 0.00578. The number of carbonyl (C=O) groups is 2. The van der Waals surface area contributed by atoms with Crippen LogP contribution < -0.4 is 36.9 Å². The van der Waals surface area contributed by atoms with Gasteiger partial charge in [-0.15, -0.1) is 12.4 Å². The minimum absolute atomic E-state index is 0. The quantitative estimate of drug-likeness (QED) is 0.0830. The Labute approximate surface area is 806 Å². The first-order valence-corrected chi connectivity index (χ1v) is 49.4. The van der Waals surface area contributed by atoms with Gasteiger partial charge in [0.15, 0.2) is 0 Å². The number of alkyl carbamates (subject to hydrolysis) is 2. The standard InChI is InChI=1S/C29H41N3O2.C24H33N3.C20H31BO2.C19H22BrN.C10H20N2O2.C5H3BrIN.ClH/c1-27(2,3)34-26(33)31-22-10-14-32(15-11-22)23-16-21(18-30-19-23)20-8-9-24-25(17-20)29(6,7)13-12-28(24,4)5;1-23(2)9-10-24(3,4)22-14-17(5-6-21(22)23)18-13-20(16-26-15-18)27-11-7-19(25)8-12-27;1-17(2)11-12-18(3,4)16-13-14(9-10-15(16)17)21-22-19(5,6)20(7,8)23-21;1-18(2)7-8-19(3,4)17-10-13(5-6-16(17)18)14-9-15(20)12-21-11-14;1-10(2,3)14-9(13)12-8-4-6-11-7-5-8;6-4-1-5(7)3-8-2-4;/h8-9,16-19,22H,10-15H2,1-7H3,(H,31,33);5-6,13-16,19H,7-12,25H2,1-4H3;9-10,13H,11-12H2,1-8H3;5-6,9-12H,7-8H2,1-4H3;8,11H,4-7H2,1-3H3,(H,12,13);1-3H;1H. The van der Waals surface area contributed by atoms with Crippen molar-refractivity contribution in [1.82, 2.24) is 35.9 Å². The first-order valence-electron chi connectivity index (χ1n) is 46.7. The van der Waals surface area contributed by atoms with Crippen LogP contribution in [0.5, 0.6) is 0 Å². The Balaban J connectivity index is 0.000000166. The SMILES string of the molecule is Brc1cncc(I)c1.CC(C)(C)OC(=O)NC1CCN(c2cncc(-c3ccc4c(c3)C(C)(C)CCC4(C)C)c2)CC1.CC(C)(C)OC(=O)NC1CCNCC1.CC1(C)CCC(C)(C)c2cc(-c3cncc(Br)c3)ccc21.CC1(C)CCC(C)(C)c2cc(-c3cncc(N4CCC(N)CC4)c3)ccc21.CC1(C)CCC(C)(C)c2cc(B3OC(C)(C)C(C)(C)O3)ccc21.Cl. The maximum atomic E-state index is 12.1. The molecule has 696 valence electrons. The molecule has 0 saturated carbocycles. The number of amides is 2. The first-order chi connectivity index (χ1) is 59.0. The molecule has 8 heterocycles. The van der Waals surface area contributed by atoms with Gasteiger partial charge < -0.3 is 50.3 Å². The zero-order chi connectivity index (χ0) is 93.1. The molecular formula is C107H151BBr2ClIN10O6. The van der Waals surface area contributed by atoms with Crippen molar-refractivity contribution in [2.45, 2.75) is 354 Å². The van der Waals surface area contributed by atoms with Crippen LogP contribution in [0.2, 0.25) is 0 Å². The van der Waals surface area contributed by atoms with Crippen molar-refractivity contribution >= 4 is 103 Å². The van der Waals surface area contributed by atoms with Crippen molar-refractivity contribution < 1.29 is 28.4 Å². The molecule has 0 spiro atoms. The highest BCUT2D eigenvalue weighted by Gasteiger charge is 2.53. The van der Waals surface area contributed by atoms with Gasteiger partial charge in [-0.2, -0.15) is 0 Å². The van der Waals surface area contributed by atoms with E-state index in [2.05, 4.69) is 330 Å². The number of aromatic nitrogens is 4. The lowest BCUT2D eigenvalue weighted by atomic mass is 9.61. The Morgan fingerprint density at radius 1 is 0.406 bits per heavy atom. The summed E-state index contributed by atoms with van der Waals surface area (Å²) in [5.41, 5.74) is 29.2. The fourth-order valence-corrected chi connectivity index (χ4v) is 20.5. The number of nitrogens with two attached hydrogens (primary N) is 1. The van der Waals surface area contributed by atoms with E-state index in [9.17, 15) is 9.59 Å². The third kappa shape index (κ3) is 26.7. The molecule has 4 aliphatic heterocycles. The Hall–Kier alpha value is -6.50. The minimum atomic E-state index is -0.474. The molecule has 0 radical (unpaired) electrons. The van der Waals surface area contributed by atoms with Gasteiger partial charge in [0.25, 0.3) is 0 Å². The van der Waals surface area contributed by atoms with Gasteiger partial charge in [0.05, 0.1) is 35.0 Å². The number of halogens is 4. The molecule has 4 aromatic heterocycles. The van der Waals surface area contributed by atoms with Gasteiger partial charge in [-0.25, -0.2) is 9.59 Å². The molecule has 0 atom stereocenters. The summed E-state index contributed by atoms with van der Waals surface area (Å²) in [5.74, 6) is 0. The summed E-state index contributed by atoms with van der Waals surface area (Å²) in [4.78, 5) is 45.6. The Kier molecular flexibility index (Phi) is 33.3. The second-order valence-corrected chi connectivity index (χ2v) is 48.3. The Morgan fingerprint density at radius 2 is 0.711 bits per heavy atom. The lowest BCUT2D eigenvalue weighted by Crippen LogP contribution is -2.46. The molecule has 8 aromatic rings. The molecule has 5 N–H and O–H groups in total. The van der Waals surface area contributed by atoms with Crippen molar-refractivity contribution in [3.05, 3.63) is 204 Å². The summed E-state index contributed by atoms with van der Waals surface area (Å²) in [7, 11) is -0.272. The molecule has 8 aliphatic rings. The number of carbonyl (C=O) groups excluding carboxylic acids is 2. The van der Waals surface area contributed by atoms with Crippen LogP contribution in [-0.2, 0) is 62.1 Å². The summed E-state index contributed by atoms with van der Waals surface area (Å²) >= 11 is 9.02. The van der Waals surface area contributed by atoms with Crippen LogP contribution in [0.25, 0.3) is 33.4 Å². The molecule has 128 heavy (non-hydrogen) atoms. The van der Waals surface area contributed by atoms with Crippen molar-refractivity contribution in [1.29, 1.82) is 0 Å². The summed E-state index contributed by atoms with van der Waals surface area (Å²) in [6, 6.07) is 37.3. The zero-order valence-corrected chi connectivity index (χ0v) is 88.2. The molecule has 21 heteroatoms. The van der Waals surface area contributed by atoms with E-state index in [1.807, 2.05) is 91.0 Å². The van der Waals surface area contributed by atoms with E-state index in [0.717, 1.165) is 107 Å². The summed E-state index contributed by atoms with van der Waals surface area (Å²) in [5, 5.41) is 9.14. The van der Waals surface area contributed by atoms with Gasteiger partial charge >= 0.3 is 19.3 Å². The number of hydrogen-bond donors (Lipinski definition) is 4. The van der Waals surface area contributed by atoms with Crippen molar-refractivity contribution in [2.75, 3.05) is 49.1 Å². The molecule has 0 unspecified atom stereocenters. The van der Waals surface area contributed by atoms with Crippen LogP contribution in [0, 0.1) is 3.57 Å². The highest BCUT2D eigenvalue weighted by atomic mass is 127. The average molecular weight is 2010 g/mol. The van der Waals surface area contributed by atoms with E-state index < -0.39 is 11.2 Å². The number of hydrogen-bond acceptors (Lipinski definition) is 14. The third-order valence-electron chi connectivity index (χ3n) is 28.3. The zero-order valence-electron chi connectivity index (χ0n) is 82.1. The van der Waals surface area contributed by atoms with Crippen molar-refractivity contribution in [3.8, 4) is 33.4 Å². The van der Waals surface area contributed by atoms with Crippen LogP contribution in [-0.4, -0.2) is 119 Å². The fraction of sp³-hybridized carbons (Fsp3) is 0.570. The largest absolute Gasteiger partial charge is 0.494 e. The van der Waals surface area contributed by atoms with E-state index >= 15 is 0 Å². The highest BCUT2D eigenvalue weighted by Crippen LogP contribution is 2.52. The van der Waals surface area contributed by atoms with E-state index in [1.54, 1.807) is 6.20 Å². The molecule has 4 saturated heterocycles. The van der Waals surface area contributed by atoms with Crippen LogP contribution >= 0.6 is 66.9 Å². The van der Waals surface area contributed by atoms with E-state index in [0.29, 0.717) is 6.04 Å². The maximum Gasteiger partial charge on any atom is 0.494 e. The minimum Gasteiger partial charge on any atom is -0.444 e. The maximum absolute atomic E-state index is 12.1. The van der Waals surface area contributed by atoms with E-state index in [1.165, 1.54) is 129 Å². The van der Waals surface area contributed by atoms with Gasteiger partial charge in [0.2, 0.25) is 0 Å². The summed E-state index contributed by atoms with van der Waals surface area (Å²) in [6.07, 6.45) is 30.4. The number of rotatable bonds is 8. The third-order valence-corrected chi connectivity index (χ3v) is 29.8. The molecule has 4 aliphatic carbocycles. The normalized spacial score (nSPS) is 20.5. The molecular weight excluding hydrogens is 1850 g/mol. The predicted molar refractivity (Wildman–Crippen MR) is 551 cm³/mol. The van der Waals surface area contributed by atoms with Gasteiger partial charge in [0.1, 0.15) is 11.2 Å². The number of nitrogens with zero attached hydrogens (tertiary/aromatic N) is 6. The first kappa shape index (κ1) is 104. The van der Waals surface area contributed by atoms with E-state index in [-0.39, 0.29) is 98.3 Å². The molecule has 16 nitrogen and oxygen atoms in total. The smallest absolute Gasteiger partial charge is 0.444 e. The van der Waals surface area contributed by atoms with Crippen LogP contribution in [0.1, 0.15) is 314 Å². The second-order valence-electron chi connectivity index (χ2n) is 45.2. The Bertz CT molecular complexity index is 5090. The van der Waals surface area contributed by atoms with Crippen LogP contribution in [0.3, 0.4) is 0 Å². The number of nitrogens with one attached hydrogen (secondary N) is 3. The van der Waals surface area contributed by atoms with Crippen molar-refractivity contribution in [2.24, 2.45) is 5.73 Å². The molecule has 4 fully saturated rings. The lowest BCUT2D eigenvalue weighted by Gasteiger charge is -2.42. The van der Waals surface area contributed by atoms with Gasteiger partial charge in [-0.1, -0.05) is 184 Å². The Morgan fingerprint density at radius 3 is 1.05 bits per heavy atom. The number of piperidine rings is 3. The topological polar surface area (TPSA) is 191 Å². The number of fused-ring (bicyclic) bond motifs is 4. The van der Waals surface area contributed by atoms with E-state index in [4.69, 9.17) is 24.5 Å². The number of anilines is 2. The molecule has 0 bridgehead atoms. The van der Waals surface area contributed by atoms with Crippen LogP contribution in [0.15, 0.2) is 156 Å².